The van der Waals surface area contributed by atoms with E-state index in [1.165, 1.54) is 0 Å². The van der Waals surface area contributed by atoms with Gasteiger partial charge in [0.05, 0.1) is 6.54 Å². The fourth-order valence-corrected chi connectivity index (χ4v) is 2.28. The van der Waals surface area contributed by atoms with E-state index in [9.17, 15) is 18.1 Å². The number of nitrogens with one attached hydrogen (secondary N) is 1. The van der Waals surface area contributed by atoms with E-state index >= 15 is 0 Å². The fraction of sp³-hybridized carbons (Fsp3) is 0.400. The van der Waals surface area contributed by atoms with Crippen LogP contribution in [0.15, 0.2) is 11.0 Å². The number of H-pyrrole nitrogens is 1. The molecular weight excluding hydrogens is 325 g/mol. The second kappa shape index (κ2) is 6.13. The topological polar surface area (TPSA) is 143 Å². The minimum Gasteiger partial charge on any atom is -0.369 e. The Hall–Kier alpha value is -1.81. The van der Waals surface area contributed by atoms with E-state index in [1.54, 1.807) is 0 Å². The SMILES string of the molecule is Nc1nc2c(c(F)cn2C[C@H](CF)OCP(=O)(O)O)c(=O)[nH]1. The summed E-state index contributed by atoms with van der Waals surface area (Å²) in [4.78, 5) is 34.9. The summed E-state index contributed by atoms with van der Waals surface area (Å²) in [5, 5.41) is -0.346. The molecule has 0 aliphatic rings. The number of alkyl halides is 1. The van der Waals surface area contributed by atoms with Gasteiger partial charge in [-0.25, -0.2) is 8.78 Å². The number of halogens is 2. The number of hydrogen-bond donors (Lipinski definition) is 4. The molecule has 2 aromatic heterocycles. The van der Waals surface area contributed by atoms with Gasteiger partial charge < -0.3 is 24.8 Å². The molecule has 0 amide bonds. The zero-order chi connectivity index (χ0) is 16.5. The zero-order valence-electron chi connectivity index (χ0n) is 11.1. The first-order chi connectivity index (χ1) is 10.2. The summed E-state index contributed by atoms with van der Waals surface area (Å²) in [6, 6.07) is 0. The molecule has 0 unspecified atom stereocenters. The highest BCUT2D eigenvalue weighted by molar-refractivity contribution is 7.51. The van der Waals surface area contributed by atoms with E-state index in [-0.39, 0.29) is 23.5 Å². The first kappa shape index (κ1) is 16.6. The fourth-order valence-electron chi connectivity index (χ4n) is 1.87. The number of nitrogen functional groups attached to an aromatic ring is 1. The van der Waals surface area contributed by atoms with Crippen LogP contribution < -0.4 is 11.3 Å². The normalized spacial score (nSPS) is 13.6. The quantitative estimate of drug-likeness (QED) is 0.540. The number of nitrogens with two attached hydrogens (primary N) is 1. The first-order valence-corrected chi connectivity index (χ1v) is 7.77. The van der Waals surface area contributed by atoms with Crippen molar-refractivity contribution in [3.8, 4) is 0 Å². The van der Waals surface area contributed by atoms with Crippen LogP contribution in [-0.2, 0) is 15.8 Å². The van der Waals surface area contributed by atoms with Gasteiger partial charge in [0.25, 0.3) is 5.56 Å². The van der Waals surface area contributed by atoms with Gasteiger partial charge in [-0.3, -0.25) is 14.3 Å². The monoisotopic (exact) mass is 338 g/mol. The van der Waals surface area contributed by atoms with Crippen molar-refractivity contribution in [2.45, 2.75) is 12.6 Å². The van der Waals surface area contributed by atoms with E-state index in [2.05, 4.69) is 9.97 Å². The van der Waals surface area contributed by atoms with Crippen LogP contribution in [0.2, 0.25) is 0 Å². The zero-order valence-corrected chi connectivity index (χ0v) is 12.0. The number of anilines is 1. The molecular formula is C10H13F2N4O5P. The van der Waals surface area contributed by atoms with Crippen LogP contribution in [0, 0.1) is 5.82 Å². The van der Waals surface area contributed by atoms with Gasteiger partial charge in [-0.15, -0.1) is 0 Å². The maximum absolute atomic E-state index is 13.7. The van der Waals surface area contributed by atoms with Crippen molar-refractivity contribution in [3.63, 3.8) is 0 Å². The highest BCUT2D eigenvalue weighted by Gasteiger charge is 2.21. The lowest BCUT2D eigenvalue weighted by Gasteiger charge is -2.16. The third-order valence-electron chi connectivity index (χ3n) is 2.75. The Labute approximate surface area is 121 Å². The molecule has 0 saturated carbocycles. The molecule has 2 rings (SSSR count). The largest absolute Gasteiger partial charge is 0.369 e. The van der Waals surface area contributed by atoms with Crippen LogP contribution in [0.25, 0.3) is 11.0 Å². The number of aromatic amines is 1. The van der Waals surface area contributed by atoms with Crippen molar-refractivity contribution in [2.75, 3.05) is 18.8 Å². The van der Waals surface area contributed by atoms with Crippen molar-refractivity contribution in [1.82, 2.24) is 14.5 Å². The summed E-state index contributed by atoms with van der Waals surface area (Å²) < 4.78 is 43.2. The average molecular weight is 338 g/mol. The summed E-state index contributed by atoms with van der Waals surface area (Å²) in [6.07, 6.45) is -1.31. The van der Waals surface area contributed by atoms with Gasteiger partial charge in [-0.2, -0.15) is 4.98 Å². The minimum absolute atomic E-state index is 0.114. The molecule has 22 heavy (non-hydrogen) atoms. The Morgan fingerprint density at radius 2 is 2.23 bits per heavy atom. The molecule has 0 bridgehead atoms. The van der Waals surface area contributed by atoms with Crippen molar-refractivity contribution >= 4 is 24.6 Å². The number of rotatable bonds is 6. The van der Waals surface area contributed by atoms with Crippen molar-refractivity contribution in [1.29, 1.82) is 0 Å². The summed E-state index contributed by atoms with van der Waals surface area (Å²) in [7, 11) is -4.46. The molecule has 122 valence electrons. The molecule has 0 saturated heterocycles. The Kier molecular flexibility index (Phi) is 4.61. The van der Waals surface area contributed by atoms with Gasteiger partial charge in [-0.05, 0) is 0 Å². The smallest absolute Gasteiger partial charge is 0.350 e. The highest BCUT2D eigenvalue weighted by atomic mass is 31.2. The van der Waals surface area contributed by atoms with Crippen molar-refractivity contribution < 1.29 is 27.9 Å². The van der Waals surface area contributed by atoms with Gasteiger partial charge in [0.1, 0.15) is 24.5 Å². The summed E-state index contributed by atoms with van der Waals surface area (Å²) in [5.41, 5.74) is 4.47. The van der Waals surface area contributed by atoms with Crippen LogP contribution in [-0.4, -0.2) is 43.4 Å². The maximum atomic E-state index is 13.7. The Balaban J connectivity index is 2.31. The van der Waals surface area contributed by atoms with E-state index in [4.69, 9.17) is 20.3 Å². The Bertz CT molecular complexity index is 785. The van der Waals surface area contributed by atoms with E-state index in [0.29, 0.717) is 0 Å². The lowest BCUT2D eigenvalue weighted by molar-refractivity contribution is 0.0445. The van der Waals surface area contributed by atoms with Crippen LogP contribution in [0.4, 0.5) is 14.7 Å². The van der Waals surface area contributed by atoms with Crippen LogP contribution in [0.1, 0.15) is 0 Å². The van der Waals surface area contributed by atoms with Crippen molar-refractivity contribution in [3.05, 3.63) is 22.4 Å². The number of ether oxygens (including phenoxy) is 1. The molecule has 1 atom stereocenters. The average Bonchev–Trinajstić information content (AvgIpc) is 2.69. The molecule has 0 aliphatic heterocycles. The van der Waals surface area contributed by atoms with Crippen LogP contribution in [0.5, 0.6) is 0 Å². The molecule has 5 N–H and O–H groups in total. The molecule has 0 aromatic carbocycles. The Morgan fingerprint density at radius 1 is 1.55 bits per heavy atom. The van der Waals surface area contributed by atoms with Crippen LogP contribution >= 0.6 is 7.60 Å². The molecule has 2 aromatic rings. The van der Waals surface area contributed by atoms with Crippen LogP contribution in [0.3, 0.4) is 0 Å². The summed E-state index contributed by atoms with van der Waals surface area (Å²) in [6.45, 7) is -1.37. The number of aromatic nitrogens is 3. The molecule has 0 spiro atoms. The standard InChI is InChI=1S/C10H13F2N4O5P/c11-1-5(21-4-22(18,19)20)2-16-3-6(12)7-8(16)14-10(13)15-9(7)17/h3,5H,1-2,4H2,(H2,18,19,20)(H3,13,14,15,17)/t5-/m0/s1. The van der Waals surface area contributed by atoms with Gasteiger partial charge in [0.15, 0.2) is 11.5 Å². The van der Waals surface area contributed by atoms with Gasteiger partial charge in [0, 0.05) is 6.20 Å². The third kappa shape index (κ3) is 3.69. The maximum Gasteiger partial charge on any atom is 0.350 e. The van der Waals surface area contributed by atoms with Gasteiger partial charge >= 0.3 is 7.60 Å². The van der Waals surface area contributed by atoms with Gasteiger partial charge in [-0.1, -0.05) is 0 Å². The minimum atomic E-state index is -4.46. The van der Waals surface area contributed by atoms with E-state index < -0.39 is 38.1 Å². The first-order valence-electron chi connectivity index (χ1n) is 5.97. The Morgan fingerprint density at radius 3 is 2.82 bits per heavy atom. The number of hydrogen-bond acceptors (Lipinski definition) is 5. The lowest BCUT2D eigenvalue weighted by atomic mass is 10.4. The molecule has 2 heterocycles. The van der Waals surface area contributed by atoms with Crippen molar-refractivity contribution in [2.24, 2.45) is 0 Å². The second-order valence-corrected chi connectivity index (χ2v) is 6.10. The predicted octanol–water partition coefficient (Wildman–Crippen LogP) is -0.0642. The lowest BCUT2D eigenvalue weighted by Crippen LogP contribution is -2.23. The molecule has 9 nitrogen and oxygen atoms in total. The summed E-state index contributed by atoms with van der Waals surface area (Å²) >= 11 is 0. The number of nitrogens with zero attached hydrogens (tertiary/aromatic N) is 2. The highest BCUT2D eigenvalue weighted by Crippen LogP contribution is 2.34. The second-order valence-electron chi connectivity index (χ2n) is 4.52. The molecule has 0 fully saturated rings. The summed E-state index contributed by atoms with van der Waals surface area (Å²) in [5.74, 6) is -1.12. The molecule has 12 heteroatoms. The number of fused-ring (bicyclic) bond motifs is 1. The van der Waals surface area contributed by atoms with E-state index in [1.807, 2.05) is 0 Å². The van der Waals surface area contributed by atoms with E-state index in [0.717, 1.165) is 10.8 Å². The molecule has 0 radical (unpaired) electrons. The van der Waals surface area contributed by atoms with Gasteiger partial charge in [0.2, 0.25) is 5.95 Å². The third-order valence-corrected chi connectivity index (χ3v) is 3.23. The molecule has 0 aliphatic carbocycles. The predicted molar refractivity (Wildman–Crippen MR) is 72.5 cm³/mol.